The van der Waals surface area contributed by atoms with Crippen LogP contribution in [0.5, 0.6) is 0 Å². The van der Waals surface area contributed by atoms with E-state index in [2.05, 4.69) is 46.9 Å². The van der Waals surface area contributed by atoms with Gasteiger partial charge in [-0.3, -0.25) is 9.36 Å². The Morgan fingerprint density at radius 2 is 2.08 bits per heavy atom. The SMILES string of the molecule is Cc1ccc(-n2ccnc2SC(C)C(=O)NC2CCCC2)c(C)c1. The van der Waals surface area contributed by atoms with E-state index >= 15 is 0 Å². The summed E-state index contributed by atoms with van der Waals surface area (Å²) in [6.45, 7) is 6.15. The highest BCUT2D eigenvalue weighted by Crippen LogP contribution is 2.27. The average molecular weight is 343 g/mol. The van der Waals surface area contributed by atoms with Crippen LogP contribution in [0.15, 0.2) is 35.7 Å². The second kappa shape index (κ2) is 7.43. The predicted molar refractivity (Wildman–Crippen MR) is 98.8 cm³/mol. The Hall–Kier alpha value is -1.75. The molecule has 0 radical (unpaired) electrons. The maximum absolute atomic E-state index is 12.4. The van der Waals surface area contributed by atoms with Crippen molar-refractivity contribution in [3.8, 4) is 5.69 Å². The van der Waals surface area contributed by atoms with Crippen LogP contribution >= 0.6 is 11.8 Å². The van der Waals surface area contributed by atoms with Crippen molar-refractivity contribution in [1.29, 1.82) is 0 Å². The summed E-state index contributed by atoms with van der Waals surface area (Å²) in [7, 11) is 0. The Labute approximate surface area is 148 Å². The zero-order valence-corrected chi connectivity index (χ0v) is 15.4. The predicted octanol–water partition coefficient (Wildman–Crippen LogP) is 4.03. The van der Waals surface area contributed by atoms with Crippen molar-refractivity contribution in [3.05, 3.63) is 41.7 Å². The smallest absolute Gasteiger partial charge is 0.233 e. The molecule has 1 aromatic heterocycles. The van der Waals surface area contributed by atoms with Crippen LogP contribution in [0.2, 0.25) is 0 Å². The van der Waals surface area contributed by atoms with Gasteiger partial charge in [0, 0.05) is 18.4 Å². The van der Waals surface area contributed by atoms with E-state index in [0.29, 0.717) is 6.04 Å². The van der Waals surface area contributed by atoms with Crippen molar-refractivity contribution in [1.82, 2.24) is 14.9 Å². The highest BCUT2D eigenvalue weighted by atomic mass is 32.2. The number of imidazole rings is 1. The number of hydrogen-bond donors (Lipinski definition) is 1. The van der Waals surface area contributed by atoms with Crippen LogP contribution < -0.4 is 5.32 Å². The molecule has 1 N–H and O–H groups in total. The van der Waals surface area contributed by atoms with E-state index in [1.807, 2.05) is 13.1 Å². The quantitative estimate of drug-likeness (QED) is 0.834. The number of carbonyl (C=O) groups is 1. The van der Waals surface area contributed by atoms with Crippen LogP contribution in [0.25, 0.3) is 5.69 Å². The van der Waals surface area contributed by atoms with Gasteiger partial charge in [-0.2, -0.15) is 0 Å². The Morgan fingerprint density at radius 1 is 1.33 bits per heavy atom. The van der Waals surface area contributed by atoms with Gasteiger partial charge in [-0.25, -0.2) is 4.98 Å². The van der Waals surface area contributed by atoms with E-state index in [4.69, 9.17) is 0 Å². The van der Waals surface area contributed by atoms with Crippen LogP contribution in [0.1, 0.15) is 43.7 Å². The van der Waals surface area contributed by atoms with Crippen LogP contribution in [0.3, 0.4) is 0 Å². The van der Waals surface area contributed by atoms with Crippen LogP contribution in [-0.2, 0) is 4.79 Å². The lowest BCUT2D eigenvalue weighted by molar-refractivity contribution is -0.120. The first-order chi connectivity index (χ1) is 11.5. The fourth-order valence-corrected chi connectivity index (χ4v) is 4.12. The number of amides is 1. The number of aromatic nitrogens is 2. The van der Waals surface area contributed by atoms with Gasteiger partial charge < -0.3 is 5.32 Å². The van der Waals surface area contributed by atoms with Crippen molar-refractivity contribution < 1.29 is 4.79 Å². The molecule has 0 bridgehead atoms. The minimum Gasteiger partial charge on any atom is -0.352 e. The van der Waals surface area contributed by atoms with Gasteiger partial charge >= 0.3 is 0 Å². The first-order valence-corrected chi connectivity index (χ1v) is 9.50. The average Bonchev–Trinajstić information content (AvgIpc) is 3.19. The van der Waals surface area contributed by atoms with Gasteiger partial charge in [0.1, 0.15) is 0 Å². The Bertz CT molecular complexity index is 719. The van der Waals surface area contributed by atoms with E-state index < -0.39 is 0 Å². The summed E-state index contributed by atoms with van der Waals surface area (Å²) >= 11 is 1.52. The lowest BCUT2D eigenvalue weighted by Gasteiger charge is -2.17. The van der Waals surface area contributed by atoms with Gasteiger partial charge in [-0.05, 0) is 45.2 Å². The Morgan fingerprint density at radius 3 is 2.79 bits per heavy atom. The molecule has 1 aliphatic carbocycles. The fourth-order valence-electron chi connectivity index (χ4n) is 3.24. The van der Waals surface area contributed by atoms with Crippen molar-refractivity contribution in [3.63, 3.8) is 0 Å². The minimum absolute atomic E-state index is 0.113. The molecule has 128 valence electrons. The highest BCUT2D eigenvalue weighted by Gasteiger charge is 2.22. The van der Waals surface area contributed by atoms with E-state index in [1.165, 1.54) is 35.7 Å². The standard InChI is InChI=1S/C19H25N3OS/c1-13-8-9-17(14(2)12-13)22-11-10-20-19(22)24-15(3)18(23)21-16-6-4-5-7-16/h8-12,15-16H,4-7H2,1-3H3,(H,21,23). The summed E-state index contributed by atoms with van der Waals surface area (Å²) in [5.74, 6) is 0.113. The molecular weight excluding hydrogens is 318 g/mol. The minimum atomic E-state index is -0.155. The van der Waals surface area contributed by atoms with Gasteiger partial charge in [0.05, 0.1) is 10.9 Å². The maximum Gasteiger partial charge on any atom is 0.233 e. The largest absolute Gasteiger partial charge is 0.352 e. The number of thioether (sulfide) groups is 1. The molecule has 1 heterocycles. The molecule has 1 unspecified atom stereocenters. The summed E-state index contributed by atoms with van der Waals surface area (Å²) in [6.07, 6.45) is 8.43. The number of rotatable bonds is 5. The summed E-state index contributed by atoms with van der Waals surface area (Å²) in [5.41, 5.74) is 3.57. The molecule has 2 aromatic rings. The van der Waals surface area contributed by atoms with E-state index in [9.17, 15) is 4.79 Å². The second-order valence-electron chi connectivity index (χ2n) is 6.62. The van der Waals surface area contributed by atoms with E-state index in [-0.39, 0.29) is 11.2 Å². The maximum atomic E-state index is 12.4. The highest BCUT2D eigenvalue weighted by molar-refractivity contribution is 8.00. The summed E-state index contributed by atoms with van der Waals surface area (Å²) in [6, 6.07) is 6.74. The molecule has 24 heavy (non-hydrogen) atoms. The van der Waals surface area contributed by atoms with Crippen LogP contribution in [0, 0.1) is 13.8 Å². The number of nitrogens with zero attached hydrogens (tertiary/aromatic N) is 2. The third-order valence-corrected chi connectivity index (χ3v) is 5.65. The molecule has 4 nitrogen and oxygen atoms in total. The van der Waals surface area contributed by atoms with Gasteiger partial charge in [0.25, 0.3) is 0 Å². The van der Waals surface area contributed by atoms with Crippen molar-refractivity contribution in [2.75, 3.05) is 0 Å². The number of benzene rings is 1. The monoisotopic (exact) mass is 343 g/mol. The Kier molecular flexibility index (Phi) is 5.29. The van der Waals surface area contributed by atoms with E-state index in [0.717, 1.165) is 23.7 Å². The van der Waals surface area contributed by atoms with E-state index in [1.54, 1.807) is 6.20 Å². The van der Waals surface area contributed by atoms with Gasteiger partial charge in [0.2, 0.25) is 5.91 Å². The number of nitrogens with one attached hydrogen (secondary N) is 1. The molecule has 1 saturated carbocycles. The molecular formula is C19H25N3OS. The zero-order valence-electron chi connectivity index (χ0n) is 14.6. The molecule has 0 aliphatic heterocycles. The lowest BCUT2D eigenvalue weighted by atomic mass is 10.1. The first-order valence-electron chi connectivity index (χ1n) is 8.62. The van der Waals surface area contributed by atoms with Crippen molar-refractivity contribution in [2.45, 2.75) is 62.9 Å². The summed E-state index contributed by atoms with van der Waals surface area (Å²) in [5, 5.41) is 3.87. The van der Waals surface area contributed by atoms with Gasteiger partial charge in [-0.1, -0.05) is 42.3 Å². The molecule has 1 aromatic carbocycles. The molecule has 1 amide bonds. The lowest BCUT2D eigenvalue weighted by Crippen LogP contribution is -2.37. The van der Waals surface area contributed by atoms with Crippen LogP contribution in [0.4, 0.5) is 0 Å². The summed E-state index contributed by atoms with van der Waals surface area (Å²) < 4.78 is 2.07. The molecule has 0 spiro atoms. The number of aryl methyl sites for hydroxylation is 2. The second-order valence-corrected chi connectivity index (χ2v) is 7.93. The molecule has 1 aliphatic rings. The molecule has 1 atom stereocenters. The molecule has 0 saturated heterocycles. The molecule has 1 fully saturated rings. The van der Waals surface area contributed by atoms with Gasteiger partial charge in [-0.15, -0.1) is 0 Å². The normalized spacial score (nSPS) is 16.3. The molecule has 5 heteroatoms. The first kappa shape index (κ1) is 17.1. The number of carbonyl (C=O) groups excluding carboxylic acids is 1. The topological polar surface area (TPSA) is 46.9 Å². The molecule has 3 rings (SSSR count). The van der Waals surface area contributed by atoms with Gasteiger partial charge in [0.15, 0.2) is 5.16 Å². The zero-order chi connectivity index (χ0) is 17.1. The fraction of sp³-hybridized carbons (Fsp3) is 0.474. The Balaban J connectivity index is 1.71. The third-order valence-electron chi connectivity index (χ3n) is 4.57. The third kappa shape index (κ3) is 3.83. The van der Waals surface area contributed by atoms with Crippen LogP contribution in [-0.4, -0.2) is 26.8 Å². The van der Waals surface area contributed by atoms with Crippen molar-refractivity contribution in [2.24, 2.45) is 0 Å². The van der Waals surface area contributed by atoms with Crippen molar-refractivity contribution >= 4 is 17.7 Å². The summed E-state index contributed by atoms with van der Waals surface area (Å²) in [4.78, 5) is 16.9. The number of hydrogen-bond acceptors (Lipinski definition) is 3.